The Balaban J connectivity index is 0.000000830. The molecule has 1 atom stereocenters. The van der Waals surface area contributed by atoms with Gasteiger partial charge in [0.1, 0.15) is 11.9 Å². The molecule has 0 unspecified atom stereocenters. The van der Waals surface area contributed by atoms with Gasteiger partial charge >= 0.3 is 0 Å². The molecule has 4 heteroatoms. The highest BCUT2D eigenvalue weighted by molar-refractivity contribution is 5.19. The van der Waals surface area contributed by atoms with E-state index < -0.39 is 0 Å². The van der Waals surface area contributed by atoms with Crippen LogP contribution in [0, 0.1) is 5.82 Å². The second kappa shape index (κ2) is 7.79. The summed E-state index contributed by atoms with van der Waals surface area (Å²) in [6.45, 7) is 9.99. The highest BCUT2D eigenvalue weighted by Crippen LogP contribution is 2.23. The average Bonchev–Trinajstić information content (AvgIpc) is 2.40. The van der Waals surface area contributed by atoms with Crippen LogP contribution < -0.4 is 5.73 Å². The maximum Gasteiger partial charge on any atom is 0.123 e. The molecule has 1 heterocycles. The Morgan fingerprint density at radius 2 is 2.05 bits per heavy atom. The van der Waals surface area contributed by atoms with Gasteiger partial charge in [-0.2, -0.15) is 0 Å². The standard InChI is InChI=1S/C12H15FN2O.C3H8.H2/c1-9(14)15-6-7-16-12(8-15)10-2-4-11(13)5-3-10;1-3-2;/h2-5,12H,1,6-8,14H2;3H2,1-2H3;1H/t12-;;/m1../s1. The van der Waals surface area contributed by atoms with E-state index in [0.29, 0.717) is 19.0 Å². The average molecular weight is 268 g/mol. The zero-order valence-electron chi connectivity index (χ0n) is 11.7. The van der Waals surface area contributed by atoms with Crippen molar-refractivity contribution in [2.45, 2.75) is 26.4 Å². The van der Waals surface area contributed by atoms with Crippen LogP contribution in [-0.2, 0) is 4.74 Å². The summed E-state index contributed by atoms with van der Waals surface area (Å²) in [6, 6.07) is 6.36. The van der Waals surface area contributed by atoms with Crippen LogP contribution in [0.4, 0.5) is 4.39 Å². The van der Waals surface area contributed by atoms with E-state index in [1.807, 2.05) is 4.90 Å². The van der Waals surface area contributed by atoms with Crippen LogP contribution in [0.2, 0.25) is 0 Å². The van der Waals surface area contributed by atoms with Crippen molar-refractivity contribution in [3.8, 4) is 0 Å². The van der Waals surface area contributed by atoms with Crippen molar-refractivity contribution < 1.29 is 10.6 Å². The van der Waals surface area contributed by atoms with E-state index >= 15 is 0 Å². The molecular weight excluding hydrogens is 243 g/mol. The molecule has 1 aromatic carbocycles. The number of hydrogen-bond acceptors (Lipinski definition) is 3. The van der Waals surface area contributed by atoms with Gasteiger partial charge in [0.05, 0.1) is 12.4 Å². The fraction of sp³-hybridized carbons (Fsp3) is 0.467. The fourth-order valence-electron chi connectivity index (χ4n) is 1.79. The molecule has 1 aliphatic heterocycles. The van der Waals surface area contributed by atoms with Crippen molar-refractivity contribution in [2.75, 3.05) is 19.7 Å². The van der Waals surface area contributed by atoms with E-state index in [4.69, 9.17) is 10.5 Å². The first-order valence-electron chi connectivity index (χ1n) is 6.64. The third-order valence-corrected chi connectivity index (χ3v) is 2.71. The molecule has 0 amide bonds. The molecule has 1 fully saturated rings. The quantitative estimate of drug-likeness (QED) is 0.894. The van der Waals surface area contributed by atoms with Crippen LogP contribution in [0.25, 0.3) is 0 Å². The van der Waals surface area contributed by atoms with Gasteiger partial charge < -0.3 is 15.4 Å². The summed E-state index contributed by atoms with van der Waals surface area (Å²) in [7, 11) is 0. The monoisotopic (exact) mass is 268 g/mol. The van der Waals surface area contributed by atoms with Crippen molar-refractivity contribution in [2.24, 2.45) is 5.73 Å². The Morgan fingerprint density at radius 3 is 2.58 bits per heavy atom. The van der Waals surface area contributed by atoms with E-state index in [0.717, 1.165) is 12.1 Å². The lowest BCUT2D eigenvalue weighted by Crippen LogP contribution is -2.39. The third-order valence-electron chi connectivity index (χ3n) is 2.71. The maximum absolute atomic E-state index is 12.8. The highest BCUT2D eigenvalue weighted by atomic mass is 19.1. The lowest BCUT2D eigenvalue weighted by Gasteiger charge is -2.34. The molecule has 0 spiro atoms. The SMILES string of the molecule is C=C(N)N1CCO[C@@H](c2ccc(F)cc2)C1.CCC.[HH]. The lowest BCUT2D eigenvalue weighted by atomic mass is 10.1. The van der Waals surface area contributed by atoms with Crippen LogP contribution in [0.3, 0.4) is 0 Å². The summed E-state index contributed by atoms with van der Waals surface area (Å²) in [6.07, 6.45) is 1.19. The topological polar surface area (TPSA) is 38.5 Å². The van der Waals surface area contributed by atoms with Crippen LogP contribution in [0.15, 0.2) is 36.7 Å². The molecule has 0 aromatic heterocycles. The number of morpholine rings is 1. The normalized spacial score (nSPS) is 18.5. The molecule has 0 bridgehead atoms. The van der Waals surface area contributed by atoms with E-state index in [-0.39, 0.29) is 13.3 Å². The number of nitrogens with zero attached hydrogens (tertiary/aromatic N) is 1. The number of nitrogens with two attached hydrogens (primary N) is 1. The first-order chi connectivity index (χ1) is 9.08. The molecule has 3 nitrogen and oxygen atoms in total. The summed E-state index contributed by atoms with van der Waals surface area (Å²) >= 11 is 0. The number of halogens is 1. The summed E-state index contributed by atoms with van der Waals surface area (Å²) in [4.78, 5) is 1.97. The highest BCUT2D eigenvalue weighted by Gasteiger charge is 2.21. The first-order valence-corrected chi connectivity index (χ1v) is 6.64. The Morgan fingerprint density at radius 1 is 1.47 bits per heavy atom. The Bertz CT molecular complexity index is 397. The van der Waals surface area contributed by atoms with E-state index in [2.05, 4.69) is 20.4 Å². The Kier molecular flexibility index (Phi) is 6.36. The molecule has 0 radical (unpaired) electrons. The fourth-order valence-corrected chi connectivity index (χ4v) is 1.79. The second-order valence-electron chi connectivity index (χ2n) is 4.56. The molecule has 1 aliphatic rings. The molecule has 108 valence electrons. The number of ether oxygens (including phenoxy) is 1. The molecule has 1 saturated heterocycles. The first kappa shape index (κ1) is 15.5. The van der Waals surface area contributed by atoms with Gasteiger partial charge in [-0.05, 0) is 17.7 Å². The summed E-state index contributed by atoms with van der Waals surface area (Å²) < 4.78 is 18.4. The maximum atomic E-state index is 12.8. The molecule has 0 saturated carbocycles. The Labute approximate surface area is 116 Å². The number of benzene rings is 1. The van der Waals surface area contributed by atoms with E-state index in [9.17, 15) is 4.39 Å². The molecule has 19 heavy (non-hydrogen) atoms. The molecular formula is C15H25FN2O. The molecule has 0 aliphatic carbocycles. The van der Waals surface area contributed by atoms with Crippen LogP contribution >= 0.6 is 0 Å². The second-order valence-corrected chi connectivity index (χ2v) is 4.56. The third kappa shape index (κ3) is 4.91. The van der Waals surface area contributed by atoms with Crippen LogP contribution in [0.5, 0.6) is 0 Å². The van der Waals surface area contributed by atoms with Crippen molar-refractivity contribution in [1.82, 2.24) is 4.90 Å². The van der Waals surface area contributed by atoms with Gasteiger partial charge in [-0.1, -0.05) is 39.0 Å². The van der Waals surface area contributed by atoms with E-state index in [1.54, 1.807) is 12.1 Å². The number of hydrogen-bond donors (Lipinski definition) is 1. The zero-order chi connectivity index (χ0) is 14.3. The van der Waals surface area contributed by atoms with Crippen LogP contribution in [-0.4, -0.2) is 24.6 Å². The van der Waals surface area contributed by atoms with Crippen molar-refractivity contribution in [3.63, 3.8) is 0 Å². The lowest BCUT2D eigenvalue weighted by molar-refractivity contribution is -0.0184. The van der Waals surface area contributed by atoms with Crippen molar-refractivity contribution in [1.29, 1.82) is 0 Å². The van der Waals surface area contributed by atoms with Crippen molar-refractivity contribution in [3.05, 3.63) is 48.0 Å². The van der Waals surface area contributed by atoms with Gasteiger partial charge in [0.2, 0.25) is 0 Å². The number of rotatable bonds is 2. The van der Waals surface area contributed by atoms with Gasteiger partial charge in [0.15, 0.2) is 0 Å². The summed E-state index contributed by atoms with van der Waals surface area (Å²) in [5.41, 5.74) is 6.61. The zero-order valence-corrected chi connectivity index (χ0v) is 11.7. The van der Waals surface area contributed by atoms with Crippen LogP contribution in [0.1, 0.15) is 33.4 Å². The van der Waals surface area contributed by atoms with Gasteiger partial charge in [-0.25, -0.2) is 4.39 Å². The van der Waals surface area contributed by atoms with Gasteiger partial charge in [-0.3, -0.25) is 0 Å². The molecule has 1 aromatic rings. The summed E-state index contributed by atoms with van der Waals surface area (Å²) in [5, 5.41) is 0. The van der Waals surface area contributed by atoms with E-state index in [1.165, 1.54) is 18.6 Å². The van der Waals surface area contributed by atoms with Gasteiger partial charge in [0, 0.05) is 14.5 Å². The summed E-state index contributed by atoms with van der Waals surface area (Å²) in [5.74, 6) is 0.315. The smallest absolute Gasteiger partial charge is 0.123 e. The largest absolute Gasteiger partial charge is 0.386 e. The predicted octanol–water partition coefficient (Wildman–Crippen LogP) is 3.29. The minimum atomic E-state index is -0.236. The molecule has 2 N–H and O–H groups in total. The van der Waals surface area contributed by atoms with Crippen molar-refractivity contribution >= 4 is 0 Å². The minimum absolute atomic E-state index is 0. The molecule has 2 rings (SSSR count). The van der Waals surface area contributed by atoms with Gasteiger partial charge in [0.25, 0.3) is 0 Å². The predicted molar refractivity (Wildman–Crippen MR) is 78.1 cm³/mol. The Hall–Kier alpha value is -1.55. The minimum Gasteiger partial charge on any atom is -0.386 e. The van der Waals surface area contributed by atoms with Gasteiger partial charge in [-0.15, -0.1) is 0 Å².